The minimum atomic E-state index is -0.494. The maximum atomic E-state index is 14.7. The van der Waals surface area contributed by atoms with Gasteiger partial charge in [-0.25, -0.2) is 9.37 Å². The number of ether oxygens (including phenoxy) is 2. The molecular weight excluding hydrogens is 487 g/mol. The zero-order chi connectivity index (χ0) is 26.2. The Morgan fingerprint density at radius 3 is 2.61 bits per heavy atom. The molecule has 0 unspecified atom stereocenters. The maximum absolute atomic E-state index is 14.7. The smallest absolute Gasteiger partial charge is 0.227 e. The highest BCUT2D eigenvalue weighted by molar-refractivity contribution is 5.96. The van der Waals surface area contributed by atoms with Crippen LogP contribution in [0.25, 0.3) is 22.2 Å². The molecule has 196 valence electrons. The number of anilines is 1. The van der Waals surface area contributed by atoms with Crippen molar-refractivity contribution in [3.8, 4) is 16.9 Å². The first kappa shape index (κ1) is 23.4. The second kappa shape index (κ2) is 8.39. The van der Waals surface area contributed by atoms with Crippen molar-refractivity contribution in [3.63, 3.8) is 0 Å². The molecule has 2 aromatic heterocycles. The van der Waals surface area contributed by atoms with Gasteiger partial charge in [0.2, 0.25) is 5.91 Å². The van der Waals surface area contributed by atoms with Crippen molar-refractivity contribution in [2.24, 2.45) is 5.41 Å². The first-order valence-corrected chi connectivity index (χ1v) is 13.1. The monoisotopic (exact) mass is 516 g/mol. The second-order valence-corrected chi connectivity index (χ2v) is 10.9. The lowest BCUT2D eigenvalue weighted by Crippen LogP contribution is -2.52. The highest BCUT2D eigenvalue weighted by Crippen LogP contribution is 2.55. The van der Waals surface area contributed by atoms with Crippen LogP contribution in [-0.4, -0.2) is 40.9 Å². The van der Waals surface area contributed by atoms with Gasteiger partial charge in [0, 0.05) is 35.2 Å². The molecule has 9 heteroatoms. The van der Waals surface area contributed by atoms with E-state index in [2.05, 4.69) is 27.9 Å². The highest BCUT2D eigenvalue weighted by Gasteiger charge is 2.52. The summed E-state index contributed by atoms with van der Waals surface area (Å²) in [7, 11) is 1.43. The van der Waals surface area contributed by atoms with Crippen LogP contribution in [0.3, 0.4) is 0 Å². The Morgan fingerprint density at radius 2 is 1.95 bits per heavy atom. The van der Waals surface area contributed by atoms with Gasteiger partial charge in [-0.3, -0.25) is 4.79 Å². The molecule has 2 saturated heterocycles. The molecule has 1 amide bonds. The van der Waals surface area contributed by atoms with Crippen molar-refractivity contribution < 1.29 is 23.2 Å². The average molecular weight is 517 g/mol. The summed E-state index contributed by atoms with van der Waals surface area (Å²) < 4.78 is 33.0. The van der Waals surface area contributed by atoms with E-state index in [-0.39, 0.29) is 29.2 Å². The molecule has 1 atom stereocenters. The number of amides is 1. The number of carbonyl (C=O) groups is 1. The van der Waals surface area contributed by atoms with Gasteiger partial charge in [-0.15, -0.1) is 0 Å². The number of halogens is 1. The fourth-order valence-corrected chi connectivity index (χ4v) is 6.59. The fraction of sp³-hybridized carbons (Fsp3) is 0.414. The zero-order valence-electron chi connectivity index (χ0n) is 21.7. The Kier molecular flexibility index (Phi) is 5.17. The summed E-state index contributed by atoms with van der Waals surface area (Å²) in [6.45, 7) is 5.46. The van der Waals surface area contributed by atoms with Crippen molar-refractivity contribution in [2.45, 2.75) is 51.6 Å². The lowest BCUT2D eigenvalue weighted by molar-refractivity contribution is -0.174. The number of aryl methyl sites for hydroxylation is 2. The van der Waals surface area contributed by atoms with Crippen LogP contribution in [0.5, 0.6) is 5.75 Å². The molecule has 3 aliphatic rings. The minimum absolute atomic E-state index is 0.0351. The van der Waals surface area contributed by atoms with Crippen LogP contribution >= 0.6 is 0 Å². The molecule has 0 radical (unpaired) electrons. The van der Waals surface area contributed by atoms with Crippen molar-refractivity contribution in [2.75, 3.05) is 25.2 Å². The number of aromatic nitrogens is 3. The number of imidazole rings is 1. The third-order valence-corrected chi connectivity index (χ3v) is 8.48. The molecule has 1 aliphatic carbocycles. The van der Waals surface area contributed by atoms with Crippen molar-refractivity contribution in [1.82, 2.24) is 14.7 Å². The van der Waals surface area contributed by atoms with Gasteiger partial charge in [-0.1, -0.05) is 11.2 Å². The van der Waals surface area contributed by atoms with Crippen molar-refractivity contribution in [1.29, 1.82) is 0 Å². The summed E-state index contributed by atoms with van der Waals surface area (Å²) in [5.74, 6) is 1.23. The van der Waals surface area contributed by atoms with Crippen LogP contribution in [0.2, 0.25) is 0 Å². The molecule has 7 rings (SSSR count). The minimum Gasteiger partial charge on any atom is -0.494 e. The van der Waals surface area contributed by atoms with E-state index in [1.54, 1.807) is 17.0 Å². The van der Waals surface area contributed by atoms with Crippen LogP contribution in [0.15, 0.2) is 40.9 Å². The average Bonchev–Trinajstić information content (AvgIpc) is 3.51. The van der Waals surface area contributed by atoms with E-state index in [0.29, 0.717) is 18.5 Å². The molecule has 1 saturated carbocycles. The Labute approximate surface area is 219 Å². The van der Waals surface area contributed by atoms with Gasteiger partial charge >= 0.3 is 0 Å². The largest absolute Gasteiger partial charge is 0.494 e. The fourth-order valence-electron chi connectivity index (χ4n) is 6.59. The lowest BCUT2D eigenvalue weighted by atomic mass is 9.64. The Hall–Kier alpha value is -3.72. The van der Waals surface area contributed by atoms with E-state index < -0.39 is 5.82 Å². The lowest BCUT2D eigenvalue weighted by Gasteiger charge is -2.54. The number of methoxy groups -OCH3 is 1. The van der Waals surface area contributed by atoms with Crippen LogP contribution in [0.4, 0.5) is 10.1 Å². The number of fused-ring (bicyclic) bond motifs is 1. The second-order valence-electron chi connectivity index (χ2n) is 10.9. The number of carbonyl (C=O) groups excluding carboxylic acids is 1. The number of nitrogens with zero attached hydrogens (tertiary/aromatic N) is 4. The van der Waals surface area contributed by atoms with Gasteiger partial charge in [0.1, 0.15) is 11.6 Å². The quantitative estimate of drug-likeness (QED) is 0.340. The van der Waals surface area contributed by atoms with Crippen LogP contribution in [0, 0.1) is 25.1 Å². The van der Waals surface area contributed by atoms with E-state index >= 15 is 0 Å². The third kappa shape index (κ3) is 3.41. The van der Waals surface area contributed by atoms with Crippen molar-refractivity contribution >= 4 is 22.6 Å². The Bertz CT molecular complexity index is 1560. The van der Waals surface area contributed by atoms with E-state index in [4.69, 9.17) is 19.0 Å². The van der Waals surface area contributed by atoms with Gasteiger partial charge in [-0.05, 0) is 62.9 Å². The molecule has 0 bridgehead atoms. The maximum Gasteiger partial charge on any atom is 0.227 e. The Morgan fingerprint density at radius 1 is 1.13 bits per heavy atom. The normalized spacial score (nSPS) is 20.8. The summed E-state index contributed by atoms with van der Waals surface area (Å²) in [6.07, 6.45) is 3.05. The molecule has 0 N–H and O–H groups in total. The molecular formula is C29H29FN4O4. The molecule has 4 heterocycles. The van der Waals surface area contributed by atoms with Crippen LogP contribution in [-0.2, 0) is 9.53 Å². The molecule has 4 aromatic rings. The standard InChI is InChI=1S/C29H29FN4O4/c1-16-27(17(2)38-32-16)18-4-6-23-22(10-18)31-28(34(23)20-12-29(13-20)14-37-15-29)24-7-9-26(35)33(24)19-5-8-25(36-3)21(30)11-19/h4-6,8,10-11,20,24H,7,9,12-15H2,1-3H3/t24-/m0/s1. The predicted molar refractivity (Wildman–Crippen MR) is 139 cm³/mol. The topological polar surface area (TPSA) is 82.6 Å². The zero-order valence-corrected chi connectivity index (χ0v) is 21.7. The summed E-state index contributed by atoms with van der Waals surface area (Å²) in [5, 5.41) is 4.12. The third-order valence-electron chi connectivity index (χ3n) is 8.48. The van der Waals surface area contributed by atoms with E-state index in [1.165, 1.54) is 13.2 Å². The molecule has 2 aromatic carbocycles. The first-order valence-electron chi connectivity index (χ1n) is 13.1. The highest BCUT2D eigenvalue weighted by atomic mass is 19.1. The number of benzene rings is 2. The molecule has 1 spiro atoms. The molecule has 3 fully saturated rings. The molecule has 8 nitrogen and oxygen atoms in total. The SMILES string of the molecule is COc1ccc(N2C(=O)CC[C@H]2c2nc3cc(-c4c(C)noc4C)ccc3n2C2CC3(COC3)C2)cc1F. The van der Waals surface area contributed by atoms with Gasteiger partial charge < -0.3 is 23.5 Å². The number of hydrogen-bond acceptors (Lipinski definition) is 6. The van der Waals surface area contributed by atoms with Crippen LogP contribution < -0.4 is 9.64 Å². The molecule has 38 heavy (non-hydrogen) atoms. The number of rotatable bonds is 5. The molecule has 2 aliphatic heterocycles. The van der Waals surface area contributed by atoms with Gasteiger partial charge in [0.05, 0.1) is 43.1 Å². The van der Waals surface area contributed by atoms with E-state index in [9.17, 15) is 9.18 Å². The summed E-state index contributed by atoms with van der Waals surface area (Å²) in [5.41, 5.74) is 5.49. The summed E-state index contributed by atoms with van der Waals surface area (Å²) >= 11 is 0. The number of hydrogen-bond donors (Lipinski definition) is 0. The van der Waals surface area contributed by atoms with E-state index in [1.807, 2.05) is 13.8 Å². The van der Waals surface area contributed by atoms with Gasteiger partial charge in [-0.2, -0.15) is 0 Å². The van der Waals surface area contributed by atoms with Crippen LogP contribution in [0.1, 0.15) is 55.0 Å². The van der Waals surface area contributed by atoms with Crippen molar-refractivity contribution in [3.05, 3.63) is 59.5 Å². The summed E-state index contributed by atoms with van der Waals surface area (Å²) in [6, 6.07) is 11.0. The predicted octanol–water partition coefficient (Wildman–Crippen LogP) is 5.68. The van der Waals surface area contributed by atoms with Gasteiger partial charge in [0.25, 0.3) is 0 Å². The van der Waals surface area contributed by atoms with Gasteiger partial charge in [0.15, 0.2) is 11.6 Å². The van der Waals surface area contributed by atoms with E-state index in [0.717, 1.165) is 65.5 Å². The summed E-state index contributed by atoms with van der Waals surface area (Å²) in [4.78, 5) is 20.0. The first-order chi connectivity index (χ1) is 18.4. The Balaban J connectivity index is 1.35.